The Bertz CT molecular complexity index is 1310. The summed E-state index contributed by atoms with van der Waals surface area (Å²) in [5.41, 5.74) is 6.67. The number of carbonyl (C=O) groups is 3. The Morgan fingerprint density at radius 1 is 1.13 bits per heavy atom. The fraction of sp³-hybridized carbons (Fsp3) is 0.667. The third-order valence-corrected chi connectivity index (χ3v) is 8.45. The van der Waals surface area contributed by atoms with Gasteiger partial charge in [-0.05, 0) is 95.4 Å². The summed E-state index contributed by atoms with van der Waals surface area (Å²) in [6, 6.07) is 4.83. The minimum atomic E-state index is -0.909. The molecule has 4 rings (SSSR count). The minimum absolute atomic E-state index is 0.243. The molecule has 2 aliphatic heterocycles. The number of nitrogens with zero attached hydrogens (tertiary/aromatic N) is 4. The second kappa shape index (κ2) is 15.0. The number of primary amides is 1. The van der Waals surface area contributed by atoms with E-state index in [9.17, 15) is 14.4 Å². The van der Waals surface area contributed by atoms with Gasteiger partial charge in [0.25, 0.3) is 0 Å². The lowest BCUT2D eigenvalue weighted by Gasteiger charge is -2.30. The Kier molecular flexibility index (Phi) is 11.3. The van der Waals surface area contributed by atoms with Gasteiger partial charge in [-0.3, -0.25) is 9.59 Å². The van der Waals surface area contributed by atoms with Crippen LogP contribution in [-0.4, -0.2) is 76.9 Å². The third kappa shape index (κ3) is 9.58. The van der Waals surface area contributed by atoms with E-state index in [-0.39, 0.29) is 18.2 Å². The summed E-state index contributed by atoms with van der Waals surface area (Å²) >= 11 is 0. The molecule has 2 saturated heterocycles. The normalized spacial score (nSPS) is 18.2. The summed E-state index contributed by atoms with van der Waals surface area (Å²) in [4.78, 5) is 46.4. The summed E-state index contributed by atoms with van der Waals surface area (Å²) in [6.45, 7) is 14.2. The van der Waals surface area contributed by atoms with Gasteiger partial charge < -0.3 is 34.8 Å². The van der Waals surface area contributed by atoms with E-state index in [0.717, 1.165) is 61.5 Å². The first-order valence-electron chi connectivity index (χ1n) is 16.2. The van der Waals surface area contributed by atoms with Crippen LogP contribution < -0.4 is 20.7 Å². The number of aromatic nitrogens is 2. The van der Waals surface area contributed by atoms with Crippen molar-refractivity contribution in [2.45, 2.75) is 110 Å². The highest BCUT2D eigenvalue weighted by atomic mass is 16.6. The number of hydrogen-bond donors (Lipinski definition) is 2. The van der Waals surface area contributed by atoms with E-state index in [2.05, 4.69) is 34.2 Å². The lowest BCUT2D eigenvalue weighted by molar-refractivity contribution is -0.139. The van der Waals surface area contributed by atoms with Crippen LogP contribution in [0.1, 0.15) is 96.0 Å². The molecule has 2 atom stereocenters. The van der Waals surface area contributed by atoms with Crippen LogP contribution in [-0.2, 0) is 20.7 Å². The Morgan fingerprint density at radius 3 is 2.49 bits per heavy atom. The molecule has 12 nitrogen and oxygen atoms in total. The highest BCUT2D eigenvalue weighted by Gasteiger charge is 2.37. The maximum absolute atomic E-state index is 13.6. The molecule has 0 bridgehead atoms. The number of hydrogen-bond acceptors (Lipinski definition) is 9. The monoisotopic (exact) mass is 626 g/mol. The summed E-state index contributed by atoms with van der Waals surface area (Å²) in [5.74, 6) is 1.52. The van der Waals surface area contributed by atoms with Gasteiger partial charge in [-0.1, -0.05) is 25.1 Å². The molecule has 45 heavy (non-hydrogen) atoms. The molecule has 0 radical (unpaired) electrons. The molecule has 2 aromatic rings. The fourth-order valence-corrected chi connectivity index (χ4v) is 5.95. The van der Waals surface area contributed by atoms with E-state index < -0.39 is 29.7 Å². The van der Waals surface area contributed by atoms with Crippen molar-refractivity contribution in [2.75, 3.05) is 31.1 Å². The molecule has 0 saturated carbocycles. The number of piperidine rings is 1. The molecule has 1 aromatic carbocycles. The average Bonchev–Trinajstić information content (AvgIpc) is 3.66. The van der Waals surface area contributed by atoms with Gasteiger partial charge in [-0.25, -0.2) is 4.79 Å². The van der Waals surface area contributed by atoms with Crippen LogP contribution >= 0.6 is 0 Å². The maximum atomic E-state index is 13.6. The zero-order valence-electron chi connectivity index (χ0n) is 27.6. The van der Waals surface area contributed by atoms with Crippen LogP contribution in [0.25, 0.3) is 0 Å². The molecular weight excluding hydrogens is 576 g/mol. The van der Waals surface area contributed by atoms with E-state index >= 15 is 0 Å². The van der Waals surface area contributed by atoms with Crippen LogP contribution in [0.4, 0.5) is 10.8 Å². The molecule has 12 heteroatoms. The predicted molar refractivity (Wildman–Crippen MR) is 170 cm³/mol. The molecule has 0 aliphatic carbocycles. The van der Waals surface area contributed by atoms with E-state index in [1.54, 1.807) is 20.8 Å². The topological polar surface area (TPSA) is 153 Å². The van der Waals surface area contributed by atoms with E-state index in [1.807, 2.05) is 25.1 Å². The van der Waals surface area contributed by atoms with Gasteiger partial charge in [0.1, 0.15) is 23.4 Å². The molecule has 3 amide bonds. The number of amides is 3. The van der Waals surface area contributed by atoms with Crippen LogP contribution in [0.2, 0.25) is 0 Å². The van der Waals surface area contributed by atoms with E-state index in [4.69, 9.17) is 19.7 Å². The Balaban J connectivity index is 1.28. The van der Waals surface area contributed by atoms with Crippen molar-refractivity contribution in [1.82, 2.24) is 20.4 Å². The van der Waals surface area contributed by atoms with Crippen LogP contribution in [0.15, 0.2) is 22.7 Å². The molecule has 3 N–H and O–H groups in total. The Morgan fingerprint density at radius 2 is 1.87 bits per heavy atom. The van der Waals surface area contributed by atoms with Crippen LogP contribution in [0.5, 0.6) is 5.75 Å². The number of anilines is 1. The lowest BCUT2D eigenvalue weighted by Crippen LogP contribution is -2.54. The van der Waals surface area contributed by atoms with Gasteiger partial charge in [-0.15, -0.1) is 0 Å². The number of carbonyl (C=O) groups excluding carboxylic acids is 3. The van der Waals surface area contributed by atoms with Gasteiger partial charge in [0.2, 0.25) is 11.8 Å². The van der Waals surface area contributed by atoms with Gasteiger partial charge in [0.05, 0.1) is 6.61 Å². The van der Waals surface area contributed by atoms with Crippen LogP contribution in [0, 0.1) is 12.8 Å². The molecule has 1 unspecified atom stereocenters. The van der Waals surface area contributed by atoms with Crippen molar-refractivity contribution in [2.24, 2.45) is 11.7 Å². The Labute approximate surface area is 266 Å². The standard InChI is InChI=1S/C33H50N6O6/c1-21(2)29-36-31(45-37-29)38-16-13-23(14-17-38)9-8-18-43-25-12-11-24(22(3)19-25)20-26(35-32(42)44-33(4,5)6)30(41)39-15-7-10-27(39)28(34)40/h11-12,19,21,23,26-27H,7-10,13-18,20H2,1-6H3,(H2,34,40)(H,35,42)/t26-,27?/m0/s1. The quantitative estimate of drug-likeness (QED) is 0.325. The number of ether oxygens (including phenoxy) is 2. The number of likely N-dealkylation sites (tertiary alicyclic amines) is 1. The van der Waals surface area contributed by atoms with E-state index in [1.165, 1.54) is 4.90 Å². The van der Waals surface area contributed by atoms with Crippen molar-refractivity contribution in [3.05, 3.63) is 35.2 Å². The highest BCUT2D eigenvalue weighted by Crippen LogP contribution is 2.27. The first-order valence-corrected chi connectivity index (χ1v) is 16.2. The van der Waals surface area contributed by atoms with E-state index in [0.29, 0.717) is 37.9 Å². The third-order valence-electron chi connectivity index (χ3n) is 8.45. The zero-order chi connectivity index (χ0) is 32.7. The second-order valence-electron chi connectivity index (χ2n) is 13.6. The largest absolute Gasteiger partial charge is 0.494 e. The van der Waals surface area contributed by atoms with Gasteiger partial charge >= 0.3 is 12.1 Å². The number of alkyl carbamates (subject to hydrolysis) is 1. The molecule has 0 spiro atoms. The predicted octanol–water partition coefficient (Wildman–Crippen LogP) is 4.49. The molecular formula is C33H50N6O6. The van der Waals surface area contributed by atoms with Crippen molar-refractivity contribution in [1.29, 1.82) is 0 Å². The summed E-state index contributed by atoms with van der Waals surface area (Å²) < 4.78 is 17.0. The number of benzene rings is 1. The zero-order valence-corrected chi connectivity index (χ0v) is 27.6. The number of aryl methyl sites for hydroxylation is 1. The minimum Gasteiger partial charge on any atom is -0.494 e. The summed E-state index contributed by atoms with van der Waals surface area (Å²) in [5, 5.41) is 6.82. The highest BCUT2D eigenvalue weighted by molar-refractivity contribution is 5.91. The fourth-order valence-electron chi connectivity index (χ4n) is 5.95. The summed E-state index contributed by atoms with van der Waals surface area (Å²) in [6.07, 6.45) is 4.98. The molecule has 1 aromatic heterocycles. The van der Waals surface area contributed by atoms with Crippen molar-refractivity contribution < 1.29 is 28.4 Å². The summed E-state index contributed by atoms with van der Waals surface area (Å²) in [7, 11) is 0. The SMILES string of the molecule is Cc1cc(OCCCC2CCN(c3nc(C(C)C)no3)CC2)ccc1C[C@H](NC(=O)OC(C)(C)C)C(=O)N1CCCC1C(N)=O. The van der Waals surface area contributed by atoms with Gasteiger partial charge in [0, 0.05) is 32.0 Å². The smallest absolute Gasteiger partial charge is 0.408 e. The number of rotatable bonds is 12. The lowest BCUT2D eigenvalue weighted by atomic mass is 9.92. The Hall–Kier alpha value is -3.83. The average molecular weight is 627 g/mol. The first kappa shape index (κ1) is 34.1. The molecule has 3 heterocycles. The van der Waals surface area contributed by atoms with Crippen molar-refractivity contribution in [3.63, 3.8) is 0 Å². The van der Waals surface area contributed by atoms with Crippen molar-refractivity contribution in [3.8, 4) is 5.75 Å². The number of nitrogens with two attached hydrogens (primary N) is 1. The van der Waals surface area contributed by atoms with Crippen LogP contribution in [0.3, 0.4) is 0 Å². The second-order valence-corrected chi connectivity index (χ2v) is 13.6. The van der Waals surface area contributed by atoms with Gasteiger partial charge in [-0.2, -0.15) is 4.98 Å². The number of nitrogens with one attached hydrogen (secondary N) is 1. The van der Waals surface area contributed by atoms with Crippen molar-refractivity contribution >= 4 is 23.9 Å². The molecule has 2 aliphatic rings. The van der Waals surface area contributed by atoms with Gasteiger partial charge in [0.15, 0.2) is 5.82 Å². The molecule has 248 valence electrons. The molecule has 2 fully saturated rings. The maximum Gasteiger partial charge on any atom is 0.408 e. The first-order chi connectivity index (χ1) is 21.3.